The van der Waals surface area contributed by atoms with Crippen LogP contribution in [0.25, 0.3) is 0 Å². The molecule has 0 unspecified atom stereocenters. The number of hydrogen-bond donors (Lipinski definition) is 2. The van der Waals surface area contributed by atoms with E-state index in [4.69, 9.17) is 0 Å². The van der Waals surface area contributed by atoms with Crippen LogP contribution in [0.3, 0.4) is 0 Å². The van der Waals surface area contributed by atoms with Gasteiger partial charge in [-0.25, -0.2) is 4.79 Å². The molecule has 0 radical (unpaired) electrons. The first-order chi connectivity index (χ1) is 12.4. The molecule has 1 heterocycles. The minimum absolute atomic E-state index is 0.105. The number of anilines is 1. The van der Waals surface area contributed by atoms with E-state index in [9.17, 15) is 19.7 Å². The van der Waals surface area contributed by atoms with Crippen molar-refractivity contribution in [3.05, 3.63) is 33.9 Å². The van der Waals surface area contributed by atoms with Crippen molar-refractivity contribution in [2.75, 3.05) is 12.4 Å². The normalized spacial score (nSPS) is 25.8. The third-order valence-electron chi connectivity index (χ3n) is 5.08. The summed E-state index contributed by atoms with van der Waals surface area (Å²) in [5, 5.41) is 21.5. The fourth-order valence-corrected chi connectivity index (χ4v) is 3.42. The predicted octanol–water partition coefficient (Wildman–Crippen LogP) is 2.47. The molecule has 26 heavy (non-hydrogen) atoms. The molecule has 9 nitrogen and oxygen atoms in total. The fourth-order valence-electron chi connectivity index (χ4n) is 3.42. The third kappa shape index (κ3) is 3.12. The van der Waals surface area contributed by atoms with Gasteiger partial charge in [0, 0.05) is 18.7 Å². The number of imide groups is 1. The summed E-state index contributed by atoms with van der Waals surface area (Å²) in [6.45, 7) is 2.13. The molecule has 9 heteroatoms. The molecule has 1 aliphatic carbocycles. The van der Waals surface area contributed by atoms with Gasteiger partial charge in [0.1, 0.15) is 11.2 Å². The molecule has 1 aromatic carbocycles. The largest absolute Gasteiger partial charge is 0.383 e. The molecule has 1 saturated carbocycles. The summed E-state index contributed by atoms with van der Waals surface area (Å²) in [5.41, 5.74) is -0.165. The topological polar surface area (TPSA) is 117 Å². The maximum atomic E-state index is 12.7. The first-order valence-corrected chi connectivity index (χ1v) is 8.53. The highest BCUT2D eigenvalue weighted by Crippen LogP contribution is 2.36. The third-order valence-corrected chi connectivity index (χ3v) is 5.08. The number of carbonyl (C=O) groups is 2. The number of rotatable bonds is 4. The van der Waals surface area contributed by atoms with E-state index >= 15 is 0 Å². The van der Waals surface area contributed by atoms with Gasteiger partial charge in [-0.3, -0.25) is 14.9 Å². The van der Waals surface area contributed by atoms with Crippen LogP contribution in [0.2, 0.25) is 0 Å². The zero-order chi connectivity index (χ0) is 18.9. The molecule has 2 fully saturated rings. The van der Waals surface area contributed by atoms with Crippen LogP contribution in [-0.4, -0.2) is 40.7 Å². The van der Waals surface area contributed by atoms with Gasteiger partial charge in [-0.15, -0.1) is 5.01 Å². The van der Waals surface area contributed by atoms with Crippen LogP contribution in [0.1, 0.15) is 38.2 Å². The second-order valence-electron chi connectivity index (χ2n) is 6.84. The quantitative estimate of drug-likeness (QED) is 0.371. The van der Waals surface area contributed by atoms with Crippen molar-refractivity contribution < 1.29 is 14.5 Å². The van der Waals surface area contributed by atoms with E-state index in [-0.39, 0.29) is 11.6 Å². The van der Waals surface area contributed by atoms with E-state index in [1.54, 1.807) is 19.2 Å². The van der Waals surface area contributed by atoms with Crippen molar-refractivity contribution in [1.82, 2.24) is 10.3 Å². The number of nitro benzene ring substituents is 1. The van der Waals surface area contributed by atoms with E-state index in [2.05, 4.69) is 22.7 Å². The number of benzene rings is 1. The minimum atomic E-state index is -0.858. The van der Waals surface area contributed by atoms with E-state index in [1.165, 1.54) is 12.3 Å². The standard InChI is InChI=1S/C17H21N5O4/c1-11-5-7-17(8-6-11)15(23)21(16(24)20-17)19-10-12-3-4-13(18-2)14(9-12)22(25)26/h3-4,9-11,18H,5-8H2,1-2H3,(H,20,24)/b19-10+. The summed E-state index contributed by atoms with van der Waals surface area (Å²) in [6.07, 6.45) is 4.25. The molecule has 1 saturated heterocycles. The van der Waals surface area contributed by atoms with Crippen molar-refractivity contribution in [3.8, 4) is 0 Å². The number of amides is 3. The Bertz CT molecular complexity index is 783. The Morgan fingerprint density at radius 1 is 1.38 bits per heavy atom. The van der Waals surface area contributed by atoms with Crippen molar-refractivity contribution in [1.29, 1.82) is 0 Å². The summed E-state index contributed by atoms with van der Waals surface area (Å²) in [6, 6.07) is 3.96. The Morgan fingerprint density at radius 2 is 2.08 bits per heavy atom. The lowest BCUT2D eigenvalue weighted by Gasteiger charge is -2.33. The van der Waals surface area contributed by atoms with Crippen molar-refractivity contribution in [3.63, 3.8) is 0 Å². The maximum absolute atomic E-state index is 12.7. The van der Waals surface area contributed by atoms with Crippen LogP contribution in [0.15, 0.2) is 23.3 Å². The molecule has 3 amide bonds. The molecule has 2 N–H and O–H groups in total. The summed E-state index contributed by atoms with van der Waals surface area (Å²) >= 11 is 0. The zero-order valence-electron chi connectivity index (χ0n) is 14.7. The summed E-state index contributed by atoms with van der Waals surface area (Å²) < 4.78 is 0. The molecule has 1 aliphatic heterocycles. The van der Waals surface area contributed by atoms with Gasteiger partial charge >= 0.3 is 6.03 Å². The Kier molecular flexibility index (Phi) is 4.62. The Balaban J connectivity index is 1.80. The van der Waals surface area contributed by atoms with Gasteiger partial charge in [0.15, 0.2) is 0 Å². The van der Waals surface area contributed by atoms with Crippen LogP contribution >= 0.6 is 0 Å². The number of urea groups is 1. The average Bonchev–Trinajstić information content (AvgIpc) is 2.85. The van der Waals surface area contributed by atoms with Gasteiger partial charge < -0.3 is 10.6 Å². The van der Waals surface area contributed by atoms with Gasteiger partial charge in [-0.1, -0.05) is 13.0 Å². The van der Waals surface area contributed by atoms with Crippen LogP contribution in [0.5, 0.6) is 0 Å². The Labute approximate surface area is 150 Å². The lowest BCUT2D eigenvalue weighted by atomic mass is 9.77. The zero-order valence-corrected chi connectivity index (χ0v) is 14.7. The summed E-state index contributed by atoms with van der Waals surface area (Å²) in [5.74, 6) is 0.182. The number of nitrogens with zero attached hydrogens (tertiary/aromatic N) is 3. The molecule has 0 atom stereocenters. The van der Waals surface area contributed by atoms with Gasteiger partial charge in [0.2, 0.25) is 0 Å². The van der Waals surface area contributed by atoms with E-state index in [0.29, 0.717) is 30.0 Å². The molecule has 2 aliphatic rings. The first kappa shape index (κ1) is 17.8. The maximum Gasteiger partial charge on any atom is 0.346 e. The summed E-state index contributed by atoms with van der Waals surface area (Å²) in [7, 11) is 1.59. The molecule has 1 aromatic rings. The van der Waals surface area contributed by atoms with Crippen LogP contribution in [0, 0.1) is 16.0 Å². The van der Waals surface area contributed by atoms with E-state index in [1.807, 2.05) is 0 Å². The van der Waals surface area contributed by atoms with Crippen LogP contribution < -0.4 is 10.6 Å². The Hall–Kier alpha value is -2.97. The predicted molar refractivity (Wildman–Crippen MR) is 96.0 cm³/mol. The van der Waals surface area contributed by atoms with Crippen molar-refractivity contribution in [2.45, 2.75) is 38.1 Å². The lowest BCUT2D eigenvalue weighted by molar-refractivity contribution is -0.383. The second-order valence-corrected chi connectivity index (χ2v) is 6.84. The first-order valence-electron chi connectivity index (χ1n) is 8.53. The van der Waals surface area contributed by atoms with Gasteiger partial charge in [-0.05, 0) is 37.7 Å². The van der Waals surface area contributed by atoms with Gasteiger partial charge in [0.05, 0.1) is 11.1 Å². The van der Waals surface area contributed by atoms with Crippen LogP contribution in [-0.2, 0) is 4.79 Å². The van der Waals surface area contributed by atoms with Gasteiger partial charge in [0.25, 0.3) is 11.6 Å². The molecular formula is C17H21N5O4. The number of nitrogens with one attached hydrogen (secondary N) is 2. The van der Waals surface area contributed by atoms with E-state index < -0.39 is 16.5 Å². The Morgan fingerprint density at radius 3 is 2.69 bits per heavy atom. The lowest BCUT2D eigenvalue weighted by Crippen LogP contribution is -2.49. The molecule has 3 rings (SSSR count). The number of nitro groups is 1. The molecular weight excluding hydrogens is 338 g/mol. The summed E-state index contributed by atoms with van der Waals surface area (Å²) in [4.78, 5) is 35.5. The van der Waals surface area contributed by atoms with Gasteiger partial charge in [-0.2, -0.15) is 5.10 Å². The minimum Gasteiger partial charge on any atom is -0.383 e. The van der Waals surface area contributed by atoms with Crippen molar-refractivity contribution in [2.24, 2.45) is 11.0 Å². The molecule has 138 valence electrons. The van der Waals surface area contributed by atoms with Crippen LogP contribution in [0.4, 0.5) is 16.2 Å². The monoisotopic (exact) mass is 359 g/mol. The molecule has 0 aromatic heterocycles. The van der Waals surface area contributed by atoms with Crippen molar-refractivity contribution >= 4 is 29.5 Å². The number of hydrazone groups is 1. The second kappa shape index (κ2) is 6.74. The smallest absolute Gasteiger partial charge is 0.346 e. The highest BCUT2D eigenvalue weighted by molar-refractivity contribution is 6.07. The molecule has 1 spiro atoms. The fraction of sp³-hybridized carbons (Fsp3) is 0.471. The number of carbonyl (C=O) groups excluding carboxylic acids is 2. The average molecular weight is 359 g/mol. The van der Waals surface area contributed by atoms with E-state index in [0.717, 1.165) is 17.9 Å². The molecule has 0 bridgehead atoms. The highest BCUT2D eigenvalue weighted by Gasteiger charge is 2.52. The SMILES string of the molecule is CNc1ccc(/C=N/N2C(=O)NC3(CCC(C)CC3)C2=O)cc1[N+](=O)[O-]. The number of hydrogen-bond acceptors (Lipinski definition) is 6. The highest BCUT2D eigenvalue weighted by atomic mass is 16.6.